The van der Waals surface area contributed by atoms with Crippen molar-refractivity contribution in [3.63, 3.8) is 0 Å². The minimum Gasteiger partial charge on any atom is -0.497 e. The number of hydrogen-bond acceptors (Lipinski definition) is 5. The maximum atomic E-state index is 12.3. The second kappa shape index (κ2) is 9.41. The number of hydrogen-bond donors (Lipinski definition) is 3. The van der Waals surface area contributed by atoms with E-state index in [2.05, 4.69) is 10.6 Å². The van der Waals surface area contributed by atoms with Crippen LogP contribution in [0.25, 0.3) is 0 Å². The van der Waals surface area contributed by atoms with Gasteiger partial charge in [-0.25, -0.2) is 0 Å². The molecule has 1 aromatic carbocycles. The van der Waals surface area contributed by atoms with Gasteiger partial charge in [-0.15, -0.1) is 11.3 Å². The number of aliphatic hydroxyl groups excluding tert-OH is 1. The molecule has 156 valence electrons. The number of thiophene rings is 1. The van der Waals surface area contributed by atoms with Gasteiger partial charge in [-0.05, 0) is 49.6 Å². The van der Waals surface area contributed by atoms with Gasteiger partial charge in [0.1, 0.15) is 5.75 Å². The highest BCUT2D eigenvalue weighted by molar-refractivity contribution is 7.12. The lowest BCUT2D eigenvalue weighted by Gasteiger charge is -2.28. The Hall–Kier alpha value is -2.38. The van der Waals surface area contributed by atoms with Crippen molar-refractivity contribution in [1.82, 2.24) is 10.6 Å². The smallest absolute Gasteiger partial charge is 0.309 e. The zero-order valence-corrected chi connectivity index (χ0v) is 17.7. The highest BCUT2D eigenvalue weighted by Crippen LogP contribution is 2.44. The lowest BCUT2D eigenvalue weighted by molar-refractivity contribution is -0.139. The summed E-state index contributed by atoms with van der Waals surface area (Å²) in [5.74, 6) is -0.506. The summed E-state index contributed by atoms with van der Waals surface area (Å²) < 4.78 is 5.11. The quantitative estimate of drug-likeness (QED) is 0.606. The van der Waals surface area contributed by atoms with E-state index in [1.807, 2.05) is 36.4 Å². The Bertz CT molecular complexity index is 839. The van der Waals surface area contributed by atoms with Crippen LogP contribution >= 0.6 is 11.3 Å². The molecule has 1 unspecified atom stereocenters. The van der Waals surface area contributed by atoms with E-state index in [1.54, 1.807) is 25.4 Å². The lowest BCUT2D eigenvalue weighted by atomic mass is 9.84. The number of carbonyl (C=O) groups excluding carboxylic acids is 2. The van der Waals surface area contributed by atoms with Crippen molar-refractivity contribution in [2.75, 3.05) is 13.7 Å². The first-order chi connectivity index (χ1) is 13.9. The monoisotopic (exact) mass is 416 g/mol. The highest BCUT2D eigenvalue weighted by Gasteiger charge is 2.37. The van der Waals surface area contributed by atoms with Crippen LogP contribution in [0.1, 0.15) is 54.0 Å². The Morgan fingerprint density at radius 2 is 1.76 bits per heavy atom. The maximum Gasteiger partial charge on any atom is 0.309 e. The minimum absolute atomic E-state index is 0.149. The SMILES string of the molecule is COc1ccc(CNC(=O)C(=O)NCC2(c3ccc(C(C)O)s3)CCCC2)cc1. The summed E-state index contributed by atoms with van der Waals surface area (Å²) in [6.07, 6.45) is 3.65. The second-order valence-electron chi connectivity index (χ2n) is 7.58. The molecule has 7 heteroatoms. The molecule has 2 aromatic rings. The predicted octanol–water partition coefficient (Wildman–Crippen LogP) is 3.05. The normalized spacial score (nSPS) is 16.2. The highest BCUT2D eigenvalue weighted by atomic mass is 32.1. The van der Waals surface area contributed by atoms with E-state index < -0.39 is 17.9 Å². The van der Waals surface area contributed by atoms with Crippen LogP contribution in [0, 0.1) is 0 Å². The fourth-order valence-corrected chi connectivity index (χ4v) is 4.95. The van der Waals surface area contributed by atoms with Crippen molar-refractivity contribution in [3.05, 3.63) is 51.7 Å². The third kappa shape index (κ3) is 5.16. The molecule has 1 fully saturated rings. The maximum absolute atomic E-state index is 12.3. The molecule has 0 aliphatic heterocycles. The van der Waals surface area contributed by atoms with E-state index in [0.29, 0.717) is 6.54 Å². The summed E-state index contributed by atoms with van der Waals surface area (Å²) in [4.78, 5) is 26.6. The van der Waals surface area contributed by atoms with Gasteiger partial charge < -0.3 is 20.5 Å². The molecular weight excluding hydrogens is 388 g/mol. The molecule has 6 nitrogen and oxygen atoms in total. The Labute approximate surface area is 175 Å². The molecule has 29 heavy (non-hydrogen) atoms. The Morgan fingerprint density at radius 1 is 1.10 bits per heavy atom. The van der Waals surface area contributed by atoms with E-state index in [4.69, 9.17) is 4.74 Å². The van der Waals surface area contributed by atoms with E-state index in [0.717, 1.165) is 41.9 Å². The van der Waals surface area contributed by atoms with Crippen molar-refractivity contribution in [1.29, 1.82) is 0 Å². The van der Waals surface area contributed by atoms with Crippen LogP contribution in [0.15, 0.2) is 36.4 Å². The van der Waals surface area contributed by atoms with E-state index in [-0.39, 0.29) is 12.0 Å². The van der Waals surface area contributed by atoms with Gasteiger partial charge in [0.15, 0.2) is 0 Å². The standard InChI is InChI=1S/C22H28N2O4S/c1-15(25)18-9-10-19(29-18)22(11-3-4-12-22)14-24-21(27)20(26)23-13-16-5-7-17(28-2)8-6-16/h5-10,15,25H,3-4,11-14H2,1-2H3,(H,23,26)(H,24,27). The van der Waals surface area contributed by atoms with Crippen LogP contribution in [0.2, 0.25) is 0 Å². The number of aliphatic hydroxyl groups is 1. The third-order valence-corrected chi connectivity index (χ3v) is 7.03. The number of rotatable bonds is 7. The topological polar surface area (TPSA) is 87.7 Å². The fraction of sp³-hybridized carbons (Fsp3) is 0.455. The van der Waals surface area contributed by atoms with E-state index >= 15 is 0 Å². The van der Waals surface area contributed by atoms with Gasteiger partial charge >= 0.3 is 11.8 Å². The number of nitrogens with one attached hydrogen (secondary N) is 2. The third-order valence-electron chi connectivity index (χ3n) is 5.53. The second-order valence-corrected chi connectivity index (χ2v) is 8.69. The van der Waals surface area contributed by atoms with E-state index in [1.165, 1.54) is 4.88 Å². The summed E-state index contributed by atoms with van der Waals surface area (Å²) in [6.45, 7) is 2.47. The lowest BCUT2D eigenvalue weighted by Crippen LogP contribution is -2.45. The van der Waals surface area contributed by atoms with Gasteiger partial charge in [-0.1, -0.05) is 25.0 Å². The van der Waals surface area contributed by atoms with Crippen LogP contribution in [0.3, 0.4) is 0 Å². The van der Waals surface area contributed by atoms with Gasteiger partial charge in [-0.2, -0.15) is 0 Å². The van der Waals surface area contributed by atoms with Crippen molar-refractivity contribution < 1.29 is 19.4 Å². The zero-order valence-electron chi connectivity index (χ0n) is 16.9. The number of ether oxygens (including phenoxy) is 1. The molecule has 1 saturated carbocycles. The Balaban J connectivity index is 1.56. The summed E-state index contributed by atoms with van der Waals surface area (Å²) in [5, 5.41) is 15.3. The average molecular weight is 417 g/mol. The van der Waals surface area contributed by atoms with Crippen LogP contribution in [-0.4, -0.2) is 30.6 Å². The van der Waals surface area contributed by atoms with Gasteiger partial charge in [0.2, 0.25) is 0 Å². The first kappa shape index (κ1) is 21.3. The number of amides is 2. The Morgan fingerprint density at radius 3 is 2.34 bits per heavy atom. The van der Waals surface area contributed by atoms with Crippen LogP contribution in [-0.2, 0) is 21.5 Å². The molecule has 3 N–H and O–H groups in total. The molecule has 0 radical (unpaired) electrons. The van der Waals surface area contributed by atoms with Crippen molar-refractivity contribution in [2.45, 2.75) is 50.7 Å². The molecule has 1 aliphatic rings. The molecule has 1 heterocycles. The molecule has 2 amide bonds. The molecule has 1 aliphatic carbocycles. The van der Waals surface area contributed by atoms with Crippen molar-refractivity contribution in [2.24, 2.45) is 0 Å². The fourth-order valence-electron chi connectivity index (χ4n) is 3.76. The summed E-state index contributed by atoms with van der Waals surface area (Å²) in [7, 11) is 1.60. The number of methoxy groups -OCH3 is 1. The summed E-state index contributed by atoms with van der Waals surface area (Å²) in [5.41, 5.74) is 0.743. The van der Waals surface area contributed by atoms with E-state index in [9.17, 15) is 14.7 Å². The molecule has 1 aromatic heterocycles. The summed E-state index contributed by atoms with van der Waals surface area (Å²) >= 11 is 1.60. The number of benzene rings is 1. The van der Waals surface area contributed by atoms with Crippen LogP contribution in [0.5, 0.6) is 5.75 Å². The largest absolute Gasteiger partial charge is 0.497 e. The van der Waals surface area contributed by atoms with Crippen LogP contribution < -0.4 is 15.4 Å². The van der Waals surface area contributed by atoms with Gasteiger partial charge in [0.25, 0.3) is 0 Å². The van der Waals surface area contributed by atoms with Crippen LogP contribution in [0.4, 0.5) is 0 Å². The number of carbonyl (C=O) groups is 2. The van der Waals surface area contributed by atoms with Gasteiger partial charge in [0.05, 0.1) is 13.2 Å². The van der Waals surface area contributed by atoms with Gasteiger partial charge in [-0.3, -0.25) is 9.59 Å². The molecule has 3 rings (SSSR count). The predicted molar refractivity (Wildman–Crippen MR) is 113 cm³/mol. The zero-order chi connectivity index (χ0) is 20.9. The summed E-state index contributed by atoms with van der Waals surface area (Å²) in [6, 6.07) is 11.3. The Kier molecular flexibility index (Phi) is 6.92. The molecule has 1 atom stereocenters. The molecule has 0 bridgehead atoms. The molecule has 0 spiro atoms. The molecule has 0 saturated heterocycles. The van der Waals surface area contributed by atoms with Crippen molar-refractivity contribution >= 4 is 23.2 Å². The first-order valence-electron chi connectivity index (χ1n) is 9.91. The van der Waals surface area contributed by atoms with Gasteiger partial charge in [0, 0.05) is 28.3 Å². The first-order valence-corrected chi connectivity index (χ1v) is 10.7. The minimum atomic E-state index is -0.634. The average Bonchev–Trinajstić information content (AvgIpc) is 3.41. The van der Waals surface area contributed by atoms with Crippen molar-refractivity contribution in [3.8, 4) is 5.75 Å². The molecular formula is C22H28N2O4S.